The fourth-order valence-corrected chi connectivity index (χ4v) is 1.84. The predicted molar refractivity (Wildman–Crippen MR) is 78.6 cm³/mol. The van der Waals surface area contributed by atoms with Crippen molar-refractivity contribution in [3.05, 3.63) is 17.0 Å². The van der Waals surface area contributed by atoms with Crippen molar-refractivity contribution in [1.29, 1.82) is 0 Å². The average molecular weight is 287 g/mol. The molecule has 19 heavy (non-hydrogen) atoms. The molecule has 0 fully saturated rings. The molecule has 0 aliphatic rings. The standard InChI is InChI=1S/C13H23ClN4O/c1-5-10(2)18(3)7-6-15-12-8-11(14)16-13(17-12)9-19-4/h8,10H,5-7,9H2,1-4H3,(H,15,16,17). The first-order valence-electron chi connectivity index (χ1n) is 6.53. The molecule has 0 radical (unpaired) electrons. The molecule has 1 atom stereocenters. The molecule has 0 saturated carbocycles. The lowest BCUT2D eigenvalue weighted by molar-refractivity contribution is 0.178. The summed E-state index contributed by atoms with van der Waals surface area (Å²) in [6, 6.07) is 2.31. The molecule has 1 aromatic rings. The maximum atomic E-state index is 5.94. The number of anilines is 1. The van der Waals surface area contributed by atoms with Crippen LogP contribution in [0.1, 0.15) is 26.1 Å². The van der Waals surface area contributed by atoms with Crippen LogP contribution in [0.5, 0.6) is 0 Å². The SMILES string of the molecule is CCC(C)N(C)CCNc1cc(Cl)nc(COC)n1. The van der Waals surface area contributed by atoms with Crippen LogP contribution in [0.2, 0.25) is 5.15 Å². The molecule has 0 amide bonds. The minimum atomic E-state index is 0.363. The molecule has 1 heterocycles. The number of halogens is 1. The summed E-state index contributed by atoms with van der Waals surface area (Å²) in [7, 11) is 3.73. The van der Waals surface area contributed by atoms with Crippen LogP contribution in [-0.2, 0) is 11.3 Å². The molecule has 5 nitrogen and oxygen atoms in total. The van der Waals surface area contributed by atoms with E-state index in [0.717, 1.165) is 25.3 Å². The summed E-state index contributed by atoms with van der Waals surface area (Å²) in [5.41, 5.74) is 0. The number of aromatic nitrogens is 2. The maximum Gasteiger partial charge on any atom is 0.158 e. The molecule has 1 N–H and O–H groups in total. The van der Waals surface area contributed by atoms with Crippen molar-refractivity contribution in [2.45, 2.75) is 32.9 Å². The van der Waals surface area contributed by atoms with Crippen molar-refractivity contribution in [3.8, 4) is 0 Å². The quantitative estimate of drug-likeness (QED) is 0.744. The number of hydrogen-bond donors (Lipinski definition) is 1. The first-order chi connectivity index (χ1) is 9.06. The van der Waals surface area contributed by atoms with Crippen LogP contribution in [0, 0.1) is 0 Å². The molecule has 1 unspecified atom stereocenters. The zero-order valence-electron chi connectivity index (χ0n) is 12.1. The maximum absolute atomic E-state index is 5.94. The van der Waals surface area contributed by atoms with Crippen LogP contribution in [0.3, 0.4) is 0 Å². The highest BCUT2D eigenvalue weighted by Crippen LogP contribution is 2.12. The van der Waals surface area contributed by atoms with Crippen molar-refractivity contribution in [2.75, 3.05) is 32.6 Å². The van der Waals surface area contributed by atoms with Gasteiger partial charge in [0.05, 0.1) is 0 Å². The zero-order chi connectivity index (χ0) is 14.3. The third-order valence-electron chi connectivity index (χ3n) is 3.13. The second-order valence-corrected chi connectivity index (χ2v) is 4.98. The van der Waals surface area contributed by atoms with Gasteiger partial charge in [-0.3, -0.25) is 0 Å². The highest BCUT2D eigenvalue weighted by atomic mass is 35.5. The molecule has 1 aromatic heterocycles. The number of methoxy groups -OCH3 is 1. The van der Waals surface area contributed by atoms with Crippen molar-refractivity contribution in [3.63, 3.8) is 0 Å². The van der Waals surface area contributed by atoms with Crippen LogP contribution >= 0.6 is 11.6 Å². The molecule has 0 bridgehead atoms. The molecule has 0 saturated heterocycles. The number of hydrogen-bond acceptors (Lipinski definition) is 5. The summed E-state index contributed by atoms with van der Waals surface area (Å²) in [6.45, 7) is 6.55. The highest BCUT2D eigenvalue weighted by Gasteiger charge is 2.07. The van der Waals surface area contributed by atoms with Gasteiger partial charge in [-0.1, -0.05) is 18.5 Å². The summed E-state index contributed by atoms with van der Waals surface area (Å²) in [4.78, 5) is 10.7. The van der Waals surface area contributed by atoms with Gasteiger partial charge >= 0.3 is 0 Å². The van der Waals surface area contributed by atoms with Crippen LogP contribution in [0.15, 0.2) is 6.07 Å². The molecule has 6 heteroatoms. The number of rotatable bonds is 8. The minimum Gasteiger partial charge on any atom is -0.377 e. The van der Waals surface area contributed by atoms with Gasteiger partial charge in [-0.25, -0.2) is 9.97 Å². The topological polar surface area (TPSA) is 50.3 Å². The van der Waals surface area contributed by atoms with Gasteiger partial charge in [0.25, 0.3) is 0 Å². The average Bonchev–Trinajstić information content (AvgIpc) is 2.37. The summed E-state index contributed by atoms with van der Waals surface area (Å²) >= 11 is 5.94. The van der Waals surface area contributed by atoms with Crippen molar-refractivity contribution < 1.29 is 4.74 Å². The Morgan fingerprint density at radius 2 is 2.21 bits per heavy atom. The van der Waals surface area contributed by atoms with E-state index in [1.165, 1.54) is 0 Å². The Bertz CT molecular complexity index is 389. The van der Waals surface area contributed by atoms with Crippen LogP contribution < -0.4 is 5.32 Å². The lowest BCUT2D eigenvalue weighted by atomic mass is 10.2. The van der Waals surface area contributed by atoms with E-state index in [9.17, 15) is 0 Å². The van der Waals surface area contributed by atoms with Gasteiger partial charge < -0.3 is 15.0 Å². The predicted octanol–water partition coefficient (Wildman–Crippen LogP) is 2.42. The molecular formula is C13H23ClN4O. The molecule has 108 valence electrons. The fourth-order valence-electron chi connectivity index (χ4n) is 1.64. The van der Waals surface area contributed by atoms with E-state index in [1.54, 1.807) is 13.2 Å². The molecule has 0 spiro atoms. The van der Waals surface area contributed by atoms with Gasteiger partial charge in [-0.2, -0.15) is 0 Å². The van der Waals surface area contributed by atoms with Crippen molar-refractivity contribution in [1.82, 2.24) is 14.9 Å². The Morgan fingerprint density at radius 1 is 1.47 bits per heavy atom. The molecule has 0 aromatic carbocycles. The van der Waals surface area contributed by atoms with Gasteiger partial charge in [-0.05, 0) is 20.4 Å². The Balaban J connectivity index is 2.48. The van der Waals surface area contributed by atoms with Crippen molar-refractivity contribution in [2.24, 2.45) is 0 Å². The van der Waals surface area contributed by atoms with Gasteiger partial charge in [0, 0.05) is 32.3 Å². The van der Waals surface area contributed by atoms with Gasteiger partial charge in [0.2, 0.25) is 0 Å². The Kier molecular flexibility index (Phi) is 7.05. The van der Waals surface area contributed by atoms with Crippen LogP contribution in [0.25, 0.3) is 0 Å². The molecule has 1 rings (SSSR count). The third kappa shape index (κ3) is 5.72. The van der Waals surface area contributed by atoms with E-state index in [4.69, 9.17) is 16.3 Å². The molecule has 0 aliphatic carbocycles. The number of likely N-dealkylation sites (N-methyl/N-ethyl adjacent to an activating group) is 1. The van der Waals surface area contributed by atoms with E-state index in [0.29, 0.717) is 23.6 Å². The molecular weight excluding hydrogens is 264 g/mol. The van der Waals surface area contributed by atoms with Crippen LogP contribution in [-0.4, -0.2) is 48.2 Å². The number of nitrogens with one attached hydrogen (secondary N) is 1. The van der Waals surface area contributed by atoms with E-state index < -0.39 is 0 Å². The zero-order valence-corrected chi connectivity index (χ0v) is 12.9. The summed E-state index contributed by atoms with van der Waals surface area (Å²) in [5.74, 6) is 1.33. The summed E-state index contributed by atoms with van der Waals surface area (Å²) in [5, 5.41) is 3.69. The normalized spacial score (nSPS) is 12.7. The van der Waals surface area contributed by atoms with Gasteiger partial charge in [-0.15, -0.1) is 0 Å². The Morgan fingerprint density at radius 3 is 2.84 bits per heavy atom. The first kappa shape index (κ1) is 16.1. The van der Waals surface area contributed by atoms with E-state index in [2.05, 4.69) is 41.1 Å². The van der Waals surface area contributed by atoms with Gasteiger partial charge in [0.15, 0.2) is 5.82 Å². The highest BCUT2D eigenvalue weighted by molar-refractivity contribution is 6.29. The second kappa shape index (κ2) is 8.30. The van der Waals surface area contributed by atoms with E-state index in [1.807, 2.05) is 0 Å². The van der Waals surface area contributed by atoms with E-state index >= 15 is 0 Å². The van der Waals surface area contributed by atoms with E-state index in [-0.39, 0.29) is 0 Å². The lowest BCUT2D eigenvalue weighted by Gasteiger charge is -2.23. The number of nitrogens with zero attached hydrogens (tertiary/aromatic N) is 3. The third-order valence-corrected chi connectivity index (χ3v) is 3.32. The summed E-state index contributed by atoms with van der Waals surface area (Å²) < 4.78 is 5.01. The second-order valence-electron chi connectivity index (χ2n) is 4.59. The monoisotopic (exact) mass is 286 g/mol. The Hall–Kier alpha value is -0.910. The largest absolute Gasteiger partial charge is 0.377 e. The fraction of sp³-hybridized carbons (Fsp3) is 0.692. The summed E-state index contributed by atoms with van der Waals surface area (Å²) in [6.07, 6.45) is 1.15. The minimum absolute atomic E-state index is 0.363. The van der Waals surface area contributed by atoms with Crippen molar-refractivity contribution >= 4 is 17.4 Å². The van der Waals surface area contributed by atoms with Crippen LogP contribution in [0.4, 0.5) is 5.82 Å². The Labute approximate surface area is 120 Å². The first-order valence-corrected chi connectivity index (χ1v) is 6.91. The lowest BCUT2D eigenvalue weighted by Crippen LogP contribution is -2.32. The van der Waals surface area contributed by atoms with Gasteiger partial charge in [0.1, 0.15) is 17.6 Å². The smallest absolute Gasteiger partial charge is 0.158 e. The number of ether oxygens (including phenoxy) is 1. The molecule has 0 aliphatic heterocycles.